The summed E-state index contributed by atoms with van der Waals surface area (Å²) >= 11 is 0. The van der Waals surface area contributed by atoms with Gasteiger partial charge in [-0.3, -0.25) is 9.69 Å². The molecule has 2 saturated heterocycles. The Labute approximate surface area is 189 Å². The van der Waals surface area contributed by atoms with Crippen LogP contribution in [0.2, 0.25) is 0 Å². The molecule has 1 spiro atoms. The second kappa shape index (κ2) is 7.24. The quantitative estimate of drug-likeness (QED) is 0.767. The van der Waals surface area contributed by atoms with E-state index in [1.165, 1.54) is 24.0 Å². The fraction of sp³-hybridized carbons (Fsp3) is 0.615. The fourth-order valence-electron chi connectivity index (χ4n) is 6.13. The number of amides is 1. The summed E-state index contributed by atoms with van der Waals surface area (Å²) in [6.45, 7) is 7.31. The highest BCUT2D eigenvalue weighted by molar-refractivity contribution is 5.96. The minimum Gasteiger partial charge on any atom is -0.389 e. The van der Waals surface area contributed by atoms with Gasteiger partial charge in [0.2, 0.25) is 5.91 Å². The molecule has 6 heteroatoms. The van der Waals surface area contributed by atoms with Crippen molar-refractivity contribution in [1.29, 1.82) is 0 Å². The van der Waals surface area contributed by atoms with Crippen LogP contribution in [0.15, 0.2) is 24.4 Å². The molecule has 1 aromatic carbocycles. The number of likely N-dealkylation sites (tertiary alicyclic amines) is 1. The van der Waals surface area contributed by atoms with Gasteiger partial charge in [0.15, 0.2) is 0 Å². The van der Waals surface area contributed by atoms with Crippen molar-refractivity contribution in [3.8, 4) is 0 Å². The van der Waals surface area contributed by atoms with Crippen LogP contribution in [0.3, 0.4) is 0 Å². The highest BCUT2D eigenvalue weighted by atomic mass is 16.5. The lowest BCUT2D eigenvalue weighted by Gasteiger charge is -2.44. The van der Waals surface area contributed by atoms with E-state index in [-0.39, 0.29) is 17.4 Å². The minimum absolute atomic E-state index is 0.139. The van der Waals surface area contributed by atoms with Crippen LogP contribution in [0.5, 0.6) is 0 Å². The number of hydrogen-bond acceptors (Lipinski definition) is 5. The minimum atomic E-state index is -0.409. The standard InChI is InChI=1S/C26H33N3O3/c1-16-9-19-13-27-23(28-24(31)21-12-26(21)5-6-26)11-18(19)10-20(16)17-3-7-29(8-4-17)25(2)15-32-14-22(25)30/h9-11,13,17,21-22,30H,3-8,12,14-15H2,1-2H3,(H,27,28,31)/t21?,22-,25+/m0/s1. The number of carbonyl (C=O) groups is 1. The Hall–Kier alpha value is -2.02. The number of aliphatic hydroxyl groups is 1. The third-order valence-corrected chi connectivity index (χ3v) is 8.80. The first-order valence-corrected chi connectivity index (χ1v) is 12.1. The number of aromatic nitrogens is 1. The monoisotopic (exact) mass is 435 g/mol. The summed E-state index contributed by atoms with van der Waals surface area (Å²) in [4.78, 5) is 19.5. The molecule has 1 unspecified atom stereocenters. The van der Waals surface area contributed by atoms with E-state index in [1.807, 2.05) is 12.3 Å². The average molecular weight is 436 g/mol. The van der Waals surface area contributed by atoms with Gasteiger partial charge in [0.05, 0.1) is 24.9 Å². The van der Waals surface area contributed by atoms with Crippen LogP contribution in [0.25, 0.3) is 10.8 Å². The summed E-state index contributed by atoms with van der Waals surface area (Å²) in [7, 11) is 0. The highest BCUT2D eigenvalue weighted by Gasteiger charge is 2.65. The first-order valence-electron chi connectivity index (χ1n) is 12.1. The van der Waals surface area contributed by atoms with E-state index in [9.17, 15) is 9.90 Å². The molecule has 2 aliphatic carbocycles. The maximum absolute atomic E-state index is 12.5. The van der Waals surface area contributed by atoms with Crippen molar-refractivity contribution in [3.05, 3.63) is 35.5 Å². The zero-order valence-electron chi connectivity index (χ0n) is 19.1. The number of carbonyl (C=O) groups excluding carboxylic acids is 1. The van der Waals surface area contributed by atoms with Crippen LogP contribution < -0.4 is 5.32 Å². The van der Waals surface area contributed by atoms with Crippen LogP contribution in [0, 0.1) is 18.3 Å². The molecule has 170 valence electrons. The Morgan fingerprint density at radius 3 is 2.66 bits per heavy atom. The van der Waals surface area contributed by atoms with Crippen molar-refractivity contribution in [3.63, 3.8) is 0 Å². The number of nitrogens with one attached hydrogen (secondary N) is 1. The van der Waals surface area contributed by atoms with Crippen molar-refractivity contribution in [1.82, 2.24) is 9.88 Å². The smallest absolute Gasteiger partial charge is 0.229 e. The summed E-state index contributed by atoms with van der Waals surface area (Å²) in [5, 5.41) is 15.7. The van der Waals surface area contributed by atoms with Crippen molar-refractivity contribution < 1.29 is 14.6 Å². The summed E-state index contributed by atoms with van der Waals surface area (Å²) in [5.74, 6) is 1.51. The Balaban J connectivity index is 1.18. The van der Waals surface area contributed by atoms with Crippen LogP contribution >= 0.6 is 0 Å². The van der Waals surface area contributed by atoms with Gasteiger partial charge in [0.25, 0.3) is 0 Å². The molecule has 2 saturated carbocycles. The first kappa shape index (κ1) is 20.6. The van der Waals surface area contributed by atoms with Gasteiger partial charge in [-0.2, -0.15) is 0 Å². The summed E-state index contributed by atoms with van der Waals surface area (Å²) in [6, 6.07) is 6.56. The molecule has 3 heterocycles. The van der Waals surface area contributed by atoms with Crippen LogP contribution in [0.1, 0.15) is 56.1 Å². The highest BCUT2D eigenvalue weighted by Crippen LogP contribution is 2.70. The van der Waals surface area contributed by atoms with Crippen LogP contribution in [-0.4, -0.2) is 58.8 Å². The van der Waals surface area contributed by atoms with Gasteiger partial charge in [0.1, 0.15) is 5.82 Å². The van der Waals surface area contributed by atoms with Crippen LogP contribution in [0.4, 0.5) is 5.82 Å². The number of pyridine rings is 1. The zero-order chi connectivity index (χ0) is 22.1. The molecular weight excluding hydrogens is 402 g/mol. The second-order valence-corrected chi connectivity index (χ2v) is 10.9. The maximum Gasteiger partial charge on any atom is 0.229 e. The van der Waals surface area contributed by atoms with Gasteiger partial charge >= 0.3 is 0 Å². The third-order valence-electron chi connectivity index (χ3n) is 8.80. The molecule has 1 amide bonds. The van der Waals surface area contributed by atoms with Crippen LogP contribution in [-0.2, 0) is 9.53 Å². The predicted molar refractivity (Wildman–Crippen MR) is 124 cm³/mol. The summed E-state index contributed by atoms with van der Waals surface area (Å²) < 4.78 is 5.55. The van der Waals surface area contributed by atoms with E-state index in [0.717, 1.165) is 43.1 Å². The number of anilines is 1. The summed E-state index contributed by atoms with van der Waals surface area (Å²) in [6.07, 6.45) is 7.10. The van der Waals surface area contributed by atoms with E-state index in [4.69, 9.17) is 4.74 Å². The number of rotatable bonds is 4. The predicted octanol–water partition coefficient (Wildman–Crippen LogP) is 3.61. The first-order chi connectivity index (χ1) is 15.4. The van der Waals surface area contributed by atoms with E-state index >= 15 is 0 Å². The lowest BCUT2D eigenvalue weighted by atomic mass is 9.83. The van der Waals surface area contributed by atoms with Gasteiger partial charge in [-0.1, -0.05) is 6.07 Å². The number of fused-ring (bicyclic) bond motifs is 1. The molecule has 0 bridgehead atoms. The molecule has 4 aliphatic rings. The van der Waals surface area contributed by atoms with Crippen molar-refractivity contribution in [2.75, 3.05) is 31.6 Å². The average Bonchev–Trinajstić information content (AvgIpc) is 3.70. The Morgan fingerprint density at radius 2 is 2.00 bits per heavy atom. The Morgan fingerprint density at radius 1 is 1.22 bits per heavy atom. The number of piperidine rings is 1. The van der Waals surface area contributed by atoms with Gasteiger partial charge in [-0.25, -0.2) is 4.98 Å². The maximum atomic E-state index is 12.5. The van der Waals surface area contributed by atoms with E-state index < -0.39 is 6.10 Å². The molecule has 2 aromatic rings. The lowest BCUT2D eigenvalue weighted by Crippen LogP contribution is -2.56. The number of hydrogen-bond donors (Lipinski definition) is 2. The molecule has 2 N–H and O–H groups in total. The molecule has 32 heavy (non-hydrogen) atoms. The molecule has 0 radical (unpaired) electrons. The topological polar surface area (TPSA) is 74.7 Å². The molecular formula is C26H33N3O3. The van der Waals surface area contributed by atoms with Gasteiger partial charge in [-0.05, 0) is 99.0 Å². The molecule has 3 atom stereocenters. The number of benzene rings is 1. The number of aliphatic hydroxyl groups excluding tert-OH is 1. The SMILES string of the molecule is Cc1cc2cnc(NC(=O)C3CC34CC4)cc2cc1C1CCN([C@]2(C)COC[C@@H]2O)CC1. The van der Waals surface area contributed by atoms with Gasteiger partial charge < -0.3 is 15.2 Å². The number of nitrogens with zero attached hydrogens (tertiary/aromatic N) is 2. The van der Waals surface area contributed by atoms with Crippen molar-refractivity contribution >= 4 is 22.5 Å². The van der Waals surface area contributed by atoms with E-state index in [2.05, 4.69) is 41.2 Å². The largest absolute Gasteiger partial charge is 0.389 e. The molecule has 1 aromatic heterocycles. The Kier molecular flexibility index (Phi) is 4.66. The zero-order valence-corrected chi connectivity index (χ0v) is 19.1. The van der Waals surface area contributed by atoms with E-state index in [1.54, 1.807) is 0 Å². The van der Waals surface area contributed by atoms with Gasteiger partial charge in [0, 0.05) is 17.5 Å². The fourth-order valence-corrected chi connectivity index (χ4v) is 6.13. The Bertz CT molecular complexity index is 1070. The molecule has 2 aliphatic heterocycles. The lowest BCUT2D eigenvalue weighted by molar-refractivity contribution is -0.117. The second-order valence-electron chi connectivity index (χ2n) is 10.9. The normalized spacial score (nSPS) is 31.8. The number of aryl methyl sites for hydroxylation is 1. The number of ether oxygens (including phenoxy) is 1. The summed E-state index contributed by atoms with van der Waals surface area (Å²) in [5.41, 5.74) is 2.80. The van der Waals surface area contributed by atoms with Crippen molar-refractivity contribution in [2.45, 2.75) is 63.5 Å². The van der Waals surface area contributed by atoms with Gasteiger partial charge in [-0.15, -0.1) is 0 Å². The molecule has 6 nitrogen and oxygen atoms in total. The molecule has 4 fully saturated rings. The third kappa shape index (κ3) is 3.35. The van der Waals surface area contributed by atoms with Crippen molar-refractivity contribution in [2.24, 2.45) is 11.3 Å². The molecule has 6 rings (SSSR count). The van der Waals surface area contributed by atoms with E-state index in [0.29, 0.717) is 30.4 Å².